The molecule has 0 unspecified atom stereocenters. The van der Waals surface area contributed by atoms with E-state index in [0.29, 0.717) is 26.2 Å². The molecule has 30 heavy (non-hydrogen) atoms. The number of ether oxygens (including phenoxy) is 2. The van der Waals surface area contributed by atoms with Crippen molar-refractivity contribution in [1.82, 2.24) is 9.80 Å². The van der Waals surface area contributed by atoms with E-state index in [1.807, 2.05) is 55.4 Å². The maximum absolute atomic E-state index is 11.7. The molecule has 4 atom stereocenters. The Labute approximate surface area is 180 Å². The van der Waals surface area contributed by atoms with Gasteiger partial charge in [0.1, 0.15) is 11.2 Å². The Kier molecular flexibility index (Phi) is 8.53. The van der Waals surface area contributed by atoms with Crippen LogP contribution in [0.25, 0.3) is 0 Å². The number of nitriles is 2. The SMILES string of the molecule is C[C@@H]1CN(C(=O)OC(C)(C)C)C[C@H]1C#N.C[C@H]1CN(C(=O)OC(C)(C)C)C[C@@H]1C#N. The maximum Gasteiger partial charge on any atom is 0.410 e. The van der Waals surface area contributed by atoms with Crippen LogP contribution < -0.4 is 0 Å². The van der Waals surface area contributed by atoms with Crippen LogP contribution in [0.15, 0.2) is 0 Å². The quantitative estimate of drug-likeness (QED) is 0.586. The number of likely N-dealkylation sites (tertiary alicyclic amines) is 2. The van der Waals surface area contributed by atoms with Gasteiger partial charge in [-0.15, -0.1) is 0 Å². The summed E-state index contributed by atoms with van der Waals surface area (Å²) in [5.74, 6) is 0.361. The predicted molar refractivity (Wildman–Crippen MR) is 112 cm³/mol. The summed E-state index contributed by atoms with van der Waals surface area (Å²) >= 11 is 0. The van der Waals surface area contributed by atoms with Crippen LogP contribution in [0, 0.1) is 46.3 Å². The third kappa shape index (κ3) is 8.10. The van der Waals surface area contributed by atoms with Crippen molar-refractivity contribution >= 4 is 12.2 Å². The summed E-state index contributed by atoms with van der Waals surface area (Å²) in [5, 5.41) is 17.7. The molecule has 0 saturated carbocycles. The van der Waals surface area contributed by atoms with Gasteiger partial charge in [0.15, 0.2) is 0 Å². The Morgan fingerprint density at radius 3 is 1.23 bits per heavy atom. The Hall–Kier alpha value is -2.48. The van der Waals surface area contributed by atoms with Crippen LogP contribution in [-0.2, 0) is 9.47 Å². The van der Waals surface area contributed by atoms with E-state index in [1.54, 1.807) is 9.80 Å². The largest absolute Gasteiger partial charge is 0.444 e. The number of nitrogens with zero attached hydrogens (tertiary/aromatic N) is 4. The zero-order chi connectivity index (χ0) is 23.3. The highest BCUT2D eigenvalue weighted by Gasteiger charge is 2.35. The average molecular weight is 421 g/mol. The lowest BCUT2D eigenvalue weighted by molar-refractivity contribution is 0.0276. The predicted octanol–water partition coefficient (Wildman–Crippen LogP) is 4.03. The van der Waals surface area contributed by atoms with Gasteiger partial charge in [0.2, 0.25) is 0 Å². The van der Waals surface area contributed by atoms with E-state index in [-0.39, 0.29) is 35.9 Å². The topological polar surface area (TPSA) is 107 Å². The molecule has 0 radical (unpaired) electrons. The van der Waals surface area contributed by atoms with Gasteiger partial charge < -0.3 is 19.3 Å². The van der Waals surface area contributed by atoms with Crippen molar-refractivity contribution in [3.8, 4) is 12.1 Å². The molecule has 0 aliphatic carbocycles. The molecule has 0 spiro atoms. The van der Waals surface area contributed by atoms with Gasteiger partial charge in [-0.05, 0) is 53.4 Å². The van der Waals surface area contributed by atoms with E-state index >= 15 is 0 Å². The van der Waals surface area contributed by atoms with Gasteiger partial charge in [-0.3, -0.25) is 0 Å². The van der Waals surface area contributed by atoms with Gasteiger partial charge in [0.25, 0.3) is 0 Å². The molecule has 2 amide bonds. The van der Waals surface area contributed by atoms with E-state index < -0.39 is 11.2 Å². The van der Waals surface area contributed by atoms with Crippen LogP contribution in [0.5, 0.6) is 0 Å². The number of hydrogen-bond donors (Lipinski definition) is 0. The van der Waals surface area contributed by atoms with Gasteiger partial charge >= 0.3 is 12.2 Å². The number of carbonyl (C=O) groups is 2. The van der Waals surface area contributed by atoms with Crippen molar-refractivity contribution in [3.05, 3.63) is 0 Å². The molecule has 2 aliphatic heterocycles. The molecular weight excluding hydrogens is 384 g/mol. The molecule has 8 heteroatoms. The van der Waals surface area contributed by atoms with Crippen molar-refractivity contribution in [2.75, 3.05) is 26.2 Å². The summed E-state index contributed by atoms with van der Waals surface area (Å²) in [4.78, 5) is 26.6. The van der Waals surface area contributed by atoms with Crippen LogP contribution in [0.3, 0.4) is 0 Å². The minimum absolute atomic E-state index is 0.0579. The highest BCUT2D eigenvalue weighted by Crippen LogP contribution is 2.24. The van der Waals surface area contributed by atoms with Gasteiger partial charge in [-0.1, -0.05) is 13.8 Å². The smallest absolute Gasteiger partial charge is 0.410 e. The van der Waals surface area contributed by atoms with Crippen molar-refractivity contribution in [3.63, 3.8) is 0 Å². The summed E-state index contributed by atoms with van der Waals surface area (Å²) in [6, 6.07) is 4.42. The Morgan fingerprint density at radius 1 is 0.733 bits per heavy atom. The summed E-state index contributed by atoms with van der Waals surface area (Å²) in [7, 11) is 0. The molecule has 0 aromatic heterocycles. The highest BCUT2D eigenvalue weighted by molar-refractivity contribution is 5.69. The first kappa shape index (κ1) is 25.6. The first-order valence-electron chi connectivity index (χ1n) is 10.4. The Morgan fingerprint density at radius 2 is 1.03 bits per heavy atom. The lowest BCUT2D eigenvalue weighted by Gasteiger charge is -2.24. The minimum Gasteiger partial charge on any atom is -0.444 e. The molecule has 168 valence electrons. The lowest BCUT2D eigenvalue weighted by Crippen LogP contribution is -2.35. The zero-order valence-electron chi connectivity index (χ0n) is 19.6. The first-order chi connectivity index (χ1) is 13.7. The van der Waals surface area contributed by atoms with E-state index in [0.717, 1.165) is 0 Å². The molecular formula is C22H36N4O4. The fourth-order valence-electron chi connectivity index (χ4n) is 3.22. The van der Waals surface area contributed by atoms with Crippen LogP contribution in [-0.4, -0.2) is 59.4 Å². The molecule has 0 N–H and O–H groups in total. The Bertz CT molecular complexity index is 636. The van der Waals surface area contributed by atoms with Gasteiger partial charge in [-0.2, -0.15) is 10.5 Å². The monoisotopic (exact) mass is 420 g/mol. The van der Waals surface area contributed by atoms with Crippen molar-refractivity contribution in [2.24, 2.45) is 23.7 Å². The van der Waals surface area contributed by atoms with Crippen molar-refractivity contribution < 1.29 is 19.1 Å². The maximum atomic E-state index is 11.7. The van der Waals surface area contributed by atoms with Crippen molar-refractivity contribution in [2.45, 2.75) is 66.6 Å². The molecule has 2 heterocycles. The summed E-state index contributed by atoms with van der Waals surface area (Å²) in [5.41, 5.74) is -0.934. The number of rotatable bonds is 0. The van der Waals surface area contributed by atoms with E-state index in [9.17, 15) is 9.59 Å². The third-order valence-corrected chi connectivity index (χ3v) is 4.86. The second-order valence-electron chi connectivity index (χ2n) is 10.2. The van der Waals surface area contributed by atoms with Gasteiger partial charge in [0, 0.05) is 26.2 Å². The Balaban J connectivity index is 0.000000300. The van der Waals surface area contributed by atoms with Crippen LogP contribution in [0.2, 0.25) is 0 Å². The van der Waals surface area contributed by atoms with E-state index in [1.165, 1.54) is 0 Å². The van der Waals surface area contributed by atoms with Gasteiger partial charge in [-0.25, -0.2) is 9.59 Å². The molecule has 0 bridgehead atoms. The second kappa shape index (κ2) is 10.0. The molecule has 2 fully saturated rings. The zero-order valence-corrected chi connectivity index (χ0v) is 19.6. The van der Waals surface area contributed by atoms with Crippen LogP contribution in [0.4, 0.5) is 9.59 Å². The molecule has 0 aromatic rings. The number of carbonyl (C=O) groups excluding carboxylic acids is 2. The number of hydrogen-bond acceptors (Lipinski definition) is 6. The first-order valence-corrected chi connectivity index (χ1v) is 10.4. The summed E-state index contributed by atoms with van der Waals surface area (Å²) < 4.78 is 10.5. The average Bonchev–Trinajstić information content (AvgIpc) is 3.15. The molecule has 2 aliphatic rings. The number of amides is 2. The third-order valence-electron chi connectivity index (χ3n) is 4.86. The molecule has 2 saturated heterocycles. The fraction of sp³-hybridized carbons (Fsp3) is 0.818. The normalized spacial score (nSPS) is 26.2. The van der Waals surface area contributed by atoms with E-state index in [4.69, 9.17) is 20.0 Å². The summed E-state index contributed by atoms with van der Waals surface area (Å²) in [6.07, 6.45) is -0.626. The highest BCUT2D eigenvalue weighted by atomic mass is 16.6. The summed E-state index contributed by atoms with van der Waals surface area (Å²) in [6.45, 7) is 17.2. The fourth-order valence-corrected chi connectivity index (χ4v) is 3.22. The standard InChI is InChI=1S/2C11H18N2O2/c2*1-8-6-13(7-9(8)5-12)10(14)15-11(2,3)4/h2*8-9H,6-7H2,1-4H3/t2*8-,9-/m10/s1. The van der Waals surface area contributed by atoms with Crippen molar-refractivity contribution in [1.29, 1.82) is 10.5 Å². The lowest BCUT2D eigenvalue weighted by atomic mass is 10.0. The molecule has 2 rings (SSSR count). The van der Waals surface area contributed by atoms with Crippen LogP contribution >= 0.6 is 0 Å². The second-order valence-corrected chi connectivity index (χ2v) is 10.2. The van der Waals surface area contributed by atoms with Gasteiger partial charge in [0.05, 0.1) is 24.0 Å². The molecule has 0 aromatic carbocycles. The van der Waals surface area contributed by atoms with Crippen LogP contribution in [0.1, 0.15) is 55.4 Å². The minimum atomic E-state index is -0.467. The van der Waals surface area contributed by atoms with E-state index in [2.05, 4.69) is 12.1 Å². The molecule has 8 nitrogen and oxygen atoms in total.